The van der Waals surface area contributed by atoms with Crippen LogP contribution < -0.4 is 4.90 Å². The molecule has 0 saturated carbocycles. The van der Waals surface area contributed by atoms with E-state index in [0.717, 1.165) is 4.90 Å². The average molecular weight is 338 g/mol. The van der Waals surface area contributed by atoms with Gasteiger partial charge in [-0.2, -0.15) is 0 Å². The maximum atomic E-state index is 12.3. The van der Waals surface area contributed by atoms with Crippen LogP contribution in [0.15, 0.2) is 18.2 Å². The van der Waals surface area contributed by atoms with Crippen molar-refractivity contribution in [1.82, 2.24) is 0 Å². The zero-order valence-electron chi connectivity index (χ0n) is 10.9. The SMILES string of the molecule is CC1(CCC(F)F)OC(=O)N(c2cc(Cl)cc(Cl)c2)C1=O. The van der Waals surface area contributed by atoms with Gasteiger partial charge in [0.1, 0.15) is 0 Å². The lowest BCUT2D eigenvalue weighted by molar-refractivity contribution is -0.129. The van der Waals surface area contributed by atoms with E-state index >= 15 is 0 Å². The molecule has 0 aliphatic carbocycles. The second-order valence-corrected chi connectivity index (χ2v) is 5.67. The van der Waals surface area contributed by atoms with Gasteiger partial charge in [-0.15, -0.1) is 0 Å². The van der Waals surface area contributed by atoms with Crippen molar-refractivity contribution in [2.45, 2.75) is 31.8 Å². The third-order valence-electron chi connectivity index (χ3n) is 3.10. The number of amides is 2. The van der Waals surface area contributed by atoms with E-state index in [0.29, 0.717) is 0 Å². The standard InChI is InChI=1S/C13H11Cl2F2NO3/c1-13(3-2-10(16)17)11(19)18(12(20)21-13)9-5-7(14)4-8(15)6-9/h4-6,10H,2-3H2,1H3. The molecule has 1 saturated heterocycles. The van der Waals surface area contributed by atoms with Gasteiger partial charge in [-0.3, -0.25) is 4.79 Å². The summed E-state index contributed by atoms with van der Waals surface area (Å²) in [4.78, 5) is 25.0. The number of nitrogens with zero attached hydrogens (tertiary/aromatic N) is 1. The van der Waals surface area contributed by atoms with Gasteiger partial charge in [-0.05, 0) is 25.1 Å². The molecule has 0 aromatic heterocycles. The molecule has 2 amide bonds. The predicted octanol–water partition coefficient (Wildman–Crippen LogP) is 4.28. The van der Waals surface area contributed by atoms with E-state index in [1.54, 1.807) is 0 Å². The number of anilines is 1. The lowest BCUT2D eigenvalue weighted by Gasteiger charge is -2.19. The molecule has 114 valence electrons. The van der Waals surface area contributed by atoms with Crippen LogP contribution in [0.4, 0.5) is 19.3 Å². The molecule has 1 unspecified atom stereocenters. The highest BCUT2D eigenvalue weighted by atomic mass is 35.5. The summed E-state index contributed by atoms with van der Waals surface area (Å²) >= 11 is 11.6. The fourth-order valence-electron chi connectivity index (χ4n) is 2.03. The van der Waals surface area contributed by atoms with Crippen molar-refractivity contribution >= 4 is 40.9 Å². The number of imide groups is 1. The van der Waals surface area contributed by atoms with E-state index < -0.39 is 30.4 Å². The Morgan fingerprint density at radius 2 is 1.81 bits per heavy atom. The first-order valence-corrected chi connectivity index (χ1v) is 6.80. The highest BCUT2D eigenvalue weighted by Gasteiger charge is 2.51. The van der Waals surface area contributed by atoms with Crippen LogP contribution in [-0.4, -0.2) is 24.0 Å². The van der Waals surface area contributed by atoms with Gasteiger partial charge < -0.3 is 4.74 Å². The smallest absolute Gasteiger partial charge is 0.422 e. The van der Waals surface area contributed by atoms with Crippen molar-refractivity contribution in [2.75, 3.05) is 4.90 Å². The molecule has 1 aromatic carbocycles. The lowest BCUT2D eigenvalue weighted by Crippen LogP contribution is -2.39. The van der Waals surface area contributed by atoms with E-state index in [9.17, 15) is 18.4 Å². The Kier molecular flexibility index (Phi) is 4.39. The number of rotatable bonds is 4. The van der Waals surface area contributed by atoms with Crippen LogP contribution in [0.3, 0.4) is 0 Å². The Balaban J connectivity index is 2.29. The fraction of sp³-hybridized carbons (Fsp3) is 0.385. The van der Waals surface area contributed by atoms with Crippen LogP contribution in [0.1, 0.15) is 19.8 Å². The molecule has 0 bridgehead atoms. The quantitative estimate of drug-likeness (QED) is 0.823. The molecule has 1 heterocycles. The molecule has 2 rings (SSSR count). The number of ether oxygens (including phenoxy) is 1. The third kappa shape index (κ3) is 3.27. The molecular formula is C13H11Cl2F2NO3. The van der Waals surface area contributed by atoms with Gasteiger partial charge in [-0.1, -0.05) is 23.2 Å². The summed E-state index contributed by atoms with van der Waals surface area (Å²) in [6.07, 6.45) is -4.32. The molecule has 1 aliphatic rings. The summed E-state index contributed by atoms with van der Waals surface area (Å²) in [7, 11) is 0. The van der Waals surface area contributed by atoms with Crippen molar-refractivity contribution in [3.05, 3.63) is 28.2 Å². The molecule has 0 N–H and O–H groups in total. The molecule has 0 radical (unpaired) electrons. The maximum absolute atomic E-state index is 12.3. The maximum Gasteiger partial charge on any atom is 0.422 e. The molecule has 1 atom stereocenters. The monoisotopic (exact) mass is 337 g/mol. The number of hydrogen-bond acceptors (Lipinski definition) is 3. The minimum absolute atomic E-state index is 0.142. The molecule has 1 aliphatic heterocycles. The summed E-state index contributed by atoms with van der Waals surface area (Å²) in [6.45, 7) is 1.31. The predicted molar refractivity (Wildman–Crippen MR) is 74.1 cm³/mol. The molecule has 8 heteroatoms. The third-order valence-corrected chi connectivity index (χ3v) is 3.53. The first kappa shape index (κ1) is 16.0. The van der Waals surface area contributed by atoms with E-state index in [1.807, 2.05) is 0 Å². The zero-order chi connectivity index (χ0) is 15.8. The van der Waals surface area contributed by atoms with Crippen LogP contribution in [0.25, 0.3) is 0 Å². The molecule has 1 fully saturated rings. The highest BCUT2D eigenvalue weighted by molar-refractivity contribution is 6.35. The molecule has 1 aromatic rings. The molecule has 0 spiro atoms. The van der Waals surface area contributed by atoms with Crippen molar-refractivity contribution in [2.24, 2.45) is 0 Å². The van der Waals surface area contributed by atoms with E-state index in [1.165, 1.54) is 25.1 Å². The van der Waals surface area contributed by atoms with Crippen LogP contribution >= 0.6 is 23.2 Å². The number of carbonyl (C=O) groups is 2. The summed E-state index contributed by atoms with van der Waals surface area (Å²) < 4.78 is 29.6. The number of carbonyl (C=O) groups excluding carboxylic acids is 2. The minimum atomic E-state index is -2.58. The van der Waals surface area contributed by atoms with Crippen LogP contribution in [0.2, 0.25) is 10.0 Å². The summed E-state index contributed by atoms with van der Waals surface area (Å²) in [5, 5.41) is 0.471. The van der Waals surface area contributed by atoms with Crippen molar-refractivity contribution in [3.8, 4) is 0 Å². The normalized spacial score (nSPS) is 22.1. The Hall–Kier alpha value is -1.40. The van der Waals surface area contributed by atoms with Gasteiger partial charge in [0.2, 0.25) is 6.43 Å². The Bertz CT molecular complexity index is 577. The molecule has 21 heavy (non-hydrogen) atoms. The van der Waals surface area contributed by atoms with Crippen LogP contribution in [-0.2, 0) is 9.53 Å². The first-order valence-electron chi connectivity index (χ1n) is 6.05. The lowest BCUT2D eigenvalue weighted by atomic mass is 9.99. The fourth-order valence-corrected chi connectivity index (χ4v) is 2.55. The minimum Gasteiger partial charge on any atom is -0.432 e. The van der Waals surface area contributed by atoms with E-state index in [-0.39, 0.29) is 22.2 Å². The topological polar surface area (TPSA) is 46.6 Å². The summed E-state index contributed by atoms with van der Waals surface area (Å²) in [5.74, 6) is -0.716. The van der Waals surface area contributed by atoms with Gasteiger partial charge in [0.05, 0.1) is 5.69 Å². The zero-order valence-corrected chi connectivity index (χ0v) is 12.4. The van der Waals surface area contributed by atoms with Crippen LogP contribution in [0.5, 0.6) is 0 Å². The molecule has 4 nitrogen and oxygen atoms in total. The Morgan fingerprint density at radius 1 is 1.24 bits per heavy atom. The summed E-state index contributed by atoms with van der Waals surface area (Å²) in [5.41, 5.74) is -1.47. The van der Waals surface area contributed by atoms with E-state index in [2.05, 4.69) is 0 Å². The highest BCUT2D eigenvalue weighted by Crippen LogP contribution is 2.35. The van der Waals surface area contributed by atoms with Gasteiger partial charge in [-0.25, -0.2) is 18.5 Å². The molecular weight excluding hydrogens is 327 g/mol. The number of alkyl halides is 2. The van der Waals surface area contributed by atoms with Gasteiger partial charge >= 0.3 is 6.09 Å². The van der Waals surface area contributed by atoms with Crippen molar-refractivity contribution < 1.29 is 23.1 Å². The average Bonchev–Trinajstić information content (AvgIpc) is 2.57. The Labute approximate surface area is 129 Å². The number of cyclic esters (lactones) is 1. The first-order chi connectivity index (χ1) is 9.73. The second kappa shape index (κ2) is 5.77. The second-order valence-electron chi connectivity index (χ2n) is 4.80. The van der Waals surface area contributed by atoms with Crippen molar-refractivity contribution in [1.29, 1.82) is 0 Å². The number of halogens is 4. The van der Waals surface area contributed by atoms with Gasteiger partial charge in [0.25, 0.3) is 5.91 Å². The largest absolute Gasteiger partial charge is 0.432 e. The number of hydrogen-bond donors (Lipinski definition) is 0. The Morgan fingerprint density at radius 3 is 2.33 bits per heavy atom. The number of benzene rings is 1. The van der Waals surface area contributed by atoms with Gasteiger partial charge in [0, 0.05) is 22.9 Å². The van der Waals surface area contributed by atoms with E-state index in [4.69, 9.17) is 27.9 Å². The van der Waals surface area contributed by atoms with Crippen molar-refractivity contribution in [3.63, 3.8) is 0 Å². The van der Waals surface area contributed by atoms with Gasteiger partial charge in [0.15, 0.2) is 5.60 Å². The van der Waals surface area contributed by atoms with Crippen LogP contribution in [0, 0.1) is 0 Å². The summed E-state index contributed by atoms with van der Waals surface area (Å²) in [6, 6.07) is 4.17.